The topological polar surface area (TPSA) is 96.2 Å². The van der Waals surface area contributed by atoms with Crippen molar-refractivity contribution in [3.8, 4) is 11.5 Å². The van der Waals surface area contributed by atoms with Crippen LogP contribution in [0.15, 0.2) is 35.1 Å². The van der Waals surface area contributed by atoms with E-state index in [1.165, 1.54) is 6.07 Å². The molecule has 2 aromatic carbocycles. The Morgan fingerprint density at radius 2 is 1.96 bits per heavy atom. The second-order valence-electron chi connectivity index (χ2n) is 4.99. The van der Waals surface area contributed by atoms with Crippen molar-refractivity contribution in [1.82, 2.24) is 9.97 Å². The van der Waals surface area contributed by atoms with E-state index in [9.17, 15) is 9.59 Å². The van der Waals surface area contributed by atoms with Crippen LogP contribution in [0.25, 0.3) is 11.0 Å². The third-order valence-electron chi connectivity index (χ3n) is 3.46. The molecule has 2 heterocycles. The fourth-order valence-corrected chi connectivity index (χ4v) is 2.68. The normalized spacial score (nSPS) is 12.6. The van der Waals surface area contributed by atoms with Crippen LogP contribution in [0.2, 0.25) is 5.02 Å². The molecule has 1 aliphatic heterocycles. The van der Waals surface area contributed by atoms with Crippen molar-refractivity contribution < 1.29 is 14.3 Å². The number of aromatic nitrogens is 2. The maximum absolute atomic E-state index is 12.4. The number of anilines is 1. The van der Waals surface area contributed by atoms with Crippen molar-refractivity contribution in [2.24, 2.45) is 0 Å². The predicted molar refractivity (Wildman–Crippen MR) is 84.4 cm³/mol. The summed E-state index contributed by atoms with van der Waals surface area (Å²) in [5, 5.41) is 3.06. The highest BCUT2D eigenvalue weighted by atomic mass is 35.5. The van der Waals surface area contributed by atoms with Crippen LogP contribution >= 0.6 is 11.6 Å². The van der Waals surface area contributed by atoms with Crippen LogP contribution in [0.4, 0.5) is 5.69 Å². The van der Waals surface area contributed by atoms with E-state index in [0.29, 0.717) is 38.8 Å². The number of hydrogen-bond acceptors (Lipinski definition) is 4. The van der Waals surface area contributed by atoms with Crippen LogP contribution in [-0.4, -0.2) is 22.7 Å². The van der Waals surface area contributed by atoms with Crippen LogP contribution in [0, 0.1) is 0 Å². The van der Waals surface area contributed by atoms with E-state index in [4.69, 9.17) is 21.1 Å². The Morgan fingerprint density at radius 3 is 2.83 bits per heavy atom. The first kappa shape index (κ1) is 13.7. The number of aromatic amines is 2. The van der Waals surface area contributed by atoms with E-state index in [0.717, 1.165) is 0 Å². The molecular weight excluding hydrogens is 322 g/mol. The summed E-state index contributed by atoms with van der Waals surface area (Å²) in [4.78, 5) is 28.9. The summed E-state index contributed by atoms with van der Waals surface area (Å²) in [6, 6.07) is 8.15. The number of H-pyrrole nitrogens is 2. The molecule has 0 spiro atoms. The summed E-state index contributed by atoms with van der Waals surface area (Å²) >= 11 is 6.07. The Balaban J connectivity index is 1.64. The summed E-state index contributed by atoms with van der Waals surface area (Å²) in [5.74, 6) is 0.532. The number of halogens is 1. The lowest BCUT2D eigenvalue weighted by Crippen LogP contribution is -2.11. The number of carbonyl (C=O) groups excluding carboxylic acids is 1. The Hall–Kier alpha value is -2.93. The van der Waals surface area contributed by atoms with Gasteiger partial charge in [-0.1, -0.05) is 11.6 Å². The Morgan fingerprint density at radius 1 is 1.13 bits per heavy atom. The molecule has 3 aromatic rings. The summed E-state index contributed by atoms with van der Waals surface area (Å²) in [6.45, 7) is 0.0810. The van der Waals surface area contributed by atoms with Crippen LogP contribution in [0.5, 0.6) is 11.5 Å². The molecule has 0 saturated heterocycles. The molecule has 1 aromatic heterocycles. The van der Waals surface area contributed by atoms with E-state index >= 15 is 0 Å². The second-order valence-corrected chi connectivity index (χ2v) is 5.39. The molecule has 116 valence electrons. The minimum absolute atomic E-state index is 0.0810. The molecule has 0 atom stereocenters. The maximum atomic E-state index is 12.4. The zero-order valence-corrected chi connectivity index (χ0v) is 12.4. The first-order chi connectivity index (χ1) is 11.1. The number of carbonyl (C=O) groups is 1. The van der Waals surface area contributed by atoms with Gasteiger partial charge in [-0.3, -0.25) is 4.79 Å². The van der Waals surface area contributed by atoms with Gasteiger partial charge in [0.25, 0.3) is 5.91 Å². The fraction of sp³-hybridized carbons (Fsp3) is 0.0667. The number of hydrogen-bond donors (Lipinski definition) is 3. The van der Waals surface area contributed by atoms with Gasteiger partial charge in [-0.05, 0) is 30.3 Å². The molecule has 0 radical (unpaired) electrons. The number of ether oxygens (including phenoxy) is 2. The molecule has 1 amide bonds. The van der Waals surface area contributed by atoms with Crippen molar-refractivity contribution in [3.05, 3.63) is 51.4 Å². The third kappa shape index (κ3) is 2.40. The van der Waals surface area contributed by atoms with Gasteiger partial charge in [-0.25, -0.2) is 4.79 Å². The average molecular weight is 332 g/mol. The van der Waals surface area contributed by atoms with Gasteiger partial charge in [0.1, 0.15) is 0 Å². The van der Waals surface area contributed by atoms with Crippen molar-refractivity contribution in [2.45, 2.75) is 0 Å². The number of imidazole rings is 1. The number of fused-ring (bicyclic) bond motifs is 2. The zero-order valence-electron chi connectivity index (χ0n) is 11.6. The van der Waals surface area contributed by atoms with Gasteiger partial charge in [0.05, 0.1) is 16.1 Å². The monoisotopic (exact) mass is 331 g/mol. The van der Waals surface area contributed by atoms with Gasteiger partial charge >= 0.3 is 5.69 Å². The Bertz CT molecular complexity index is 992. The van der Waals surface area contributed by atoms with E-state index < -0.39 is 0 Å². The number of rotatable bonds is 2. The summed E-state index contributed by atoms with van der Waals surface area (Å²) in [7, 11) is 0. The molecule has 23 heavy (non-hydrogen) atoms. The fourth-order valence-electron chi connectivity index (χ4n) is 2.41. The molecule has 0 fully saturated rings. The molecule has 0 aliphatic carbocycles. The first-order valence-corrected chi connectivity index (χ1v) is 7.10. The van der Waals surface area contributed by atoms with Crippen LogP contribution in [0.3, 0.4) is 0 Å². The zero-order chi connectivity index (χ0) is 16.0. The van der Waals surface area contributed by atoms with Crippen molar-refractivity contribution in [1.29, 1.82) is 0 Å². The van der Waals surface area contributed by atoms with Crippen LogP contribution in [0.1, 0.15) is 10.4 Å². The number of nitrogens with one attached hydrogen (secondary N) is 3. The van der Waals surface area contributed by atoms with Gasteiger partial charge in [-0.15, -0.1) is 0 Å². The lowest BCUT2D eigenvalue weighted by molar-refractivity contribution is 0.102. The van der Waals surface area contributed by atoms with Crippen molar-refractivity contribution >= 4 is 34.2 Å². The highest BCUT2D eigenvalue weighted by Crippen LogP contribution is 2.39. The predicted octanol–water partition coefficient (Wildman–Crippen LogP) is 2.49. The SMILES string of the molecule is O=C(Nc1ccc2[nH]c(=O)[nH]c2c1)c1cc(Cl)c2c(c1)OCO2. The van der Waals surface area contributed by atoms with Gasteiger partial charge in [0, 0.05) is 11.3 Å². The van der Waals surface area contributed by atoms with Crippen LogP contribution < -0.4 is 20.5 Å². The Kier molecular flexibility index (Phi) is 3.02. The standard InChI is InChI=1S/C15H10ClN3O4/c16-9-3-7(4-12-13(9)23-6-22-12)14(20)17-8-1-2-10-11(5-8)19-15(21)18-10/h1-5H,6H2,(H,17,20)(H2,18,19,21). The summed E-state index contributed by atoms with van der Waals surface area (Å²) in [6.07, 6.45) is 0. The molecule has 7 nitrogen and oxygen atoms in total. The van der Waals surface area contributed by atoms with Crippen LogP contribution in [-0.2, 0) is 0 Å². The third-order valence-corrected chi connectivity index (χ3v) is 3.74. The molecule has 0 saturated carbocycles. The van der Waals surface area contributed by atoms with E-state index in [2.05, 4.69) is 15.3 Å². The van der Waals surface area contributed by atoms with E-state index in [1.54, 1.807) is 24.3 Å². The van der Waals surface area contributed by atoms with Gasteiger partial charge in [-0.2, -0.15) is 0 Å². The largest absolute Gasteiger partial charge is 0.454 e. The smallest absolute Gasteiger partial charge is 0.323 e. The molecule has 3 N–H and O–H groups in total. The van der Waals surface area contributed by atoms with Gasteiger partial charge in [0.2, 0.25) is 6.79 Å². The minimum atomic E-state index is -0.345. The molecular formula is C15H10ClN3O4. The number of amides is 1. The van der Waals surface area contributed by atoms with Crippen molar-refractivity contribution in [2.75, 3.05) is 12.1 Å². The molecule has 0 bridgehead atoms. The summed E-state index contributed by atoms with van der Waals surface area (Å²) in [5.41, 5.74) is 1.87. The average Bonchev–Trinajstić information content (AvgIpc) is 3.12. The van der Waals surface area contributed by atoms with Gasteiger partial charge < -0.3 is 24.8 Å². The van der Waals surface area contributed by atoms with E-state index in [1.807, 2.05) is 0 Å². The number of benzene rings is 2. The molecule has 4 rings (SSSR count). The lowest BCUT2D eigenvalue weighted by atomic mass is 10.1. The highest BCUT2D eigenvalue weighted by Gasteiger charge is 2.20. The lowest BCUT2D eigenvalue weighted by Gasteiger charge is -2.07. The maximum Gasteiger partial charge on any atom is 0.323 e. The van der Waals surface area contributed by atoms with E-state index in [-0.39, 0.29) is 18.4 Å². The summed E-state index contributed by atoms with van der Waals surface area (Å²) < 4.78 is 10.5. The highest BCUT2D eigenvalue weighted by molar-refractivity contribution is 6.32. The quantitative estimate of drug-likeness (QED) is 0.672. The molecule has 8 heteroatoms. The Labute approximate surface area is 134 Å². The first-order valence-electron chi connectivity index (χ1n) is 6.73. The van der Waals surface area contributed by atoms with Gasteiger partial charge in [0.15, 0.2) is 11.5 Å². The molecule has 1 aliphatic rings. The molecule has 0 unspecified atom stereocenters. The minimum Gasteiger partial charge on any atom is -0.454 e. The second kappa shape index (κ2) is 5.06. The van der Waals surface area contributed by atoms with Crippen molar-refractivity contribution in [3.63, 3.8) is 0 Å².